The number of nitrogens with one attached hydrogen (secondary N) is 1. The number of hydrogen-bond acceptors (Lipinski definition) is 4. The molecule has 0 bridgehead atoms. The summed E-state index contributed by atoms with van der Waals surface area (Å²) in [5.41, 5.74) is 2.92. The maximum atomic E-state index is 5.31. The average Bonchev–Trinajstić information content (AvgIpc) is 3.12. The van der Waals surface area contributed by atoms with Crippen LogP contribution >= 0.6 is 12.2 Å². The molecular formula is C12H15N5S. The molecular weight excluding hydrogens is 246 g/mol. The van der Waals surface area contributed by atoms with E-state index in [0.717, 1.165) is 29.2 Å². The average molecular weight is 261 g/mol. The molecule has 18 heavy (non-hydrogen) atoms. The van der Waals surface area contributed by atoms with Crippen LogP contribution in [-0.2, 0) is 6.42 Å². The second-order valence-corrected chi connectivity index (χ2v) is 5.04. The first kappa shape index (κ1) is 11.5. The van der Waals surface area contributed by atoms with Crippen molar-refractivity contribution in [3.8, 4) is 11.4 Å². The van der Waals surface area contributed by atoms with Gasteiger partial charge >= 0.3 is 0 Å². The Bertz CT molecular complexity index is 638. The minimum Gasteiger partial charge on any atom is -0.297 e. The molecule has 2 heterocycles. The van der Waals surface area contributed by atoms with Crippen molar-refractivity contribution >= 4 is 12.2 Å². The minimum atomic E-state index is 0.504. The van der Waals surface area contributed by atoms with E-state index < -0.39 is 0 Å². The van der Waals surface area contributed by atoms with Gasteiger partial charge in [0.15, 0.2) is 10.6 Å². The van der Waals surface area contributed by atoms with Crippen molar-refractivity contribution in [2.24, 2.45) is 0 Å². The molecule has 0 amide bonds. The fraction of sp³-hybridized carbons (Fsp3) is 0.500. The second kappa shape index (κ2) is 4.28. The van der Waals surface area contributed by atoms with Gasteiger partial charge in [0.1, 0.15) is 0 Å². The molecule has 0 unspecified atom stereocenters. The Balaban J connectivity index is 2.20. The van der Waals surface area contributed by atoms with Gasteiger partial charge in [0.25, 0.3) is 0 Å². The minimum absolute atomic E-state index is 0.504. The molecule has 5 nitrogen and oxygen atoms in total. The van der Waals surface area contributed by atoms with Gasteiger partial charge in [-0.15, -0.1) is 0 Å². The van der Waals surface area contributed by atoms with Gasteiger partial charge in [-0.1, -0.05) is 6.92 Å². The summed E-state index contributed by atoms with van der Waals surface area (Å²) in [6.45, 7) is 4.02. The summed E-state index contributed by atoms with van der Waals surface area (Å²) in [4.78, 5) is 0. The van der Waals surface area contributed by atoms with Crippen LogP contribution in [0, 0.1) is 11.7 Å². The van der Waals surface area contributed by atoms with E-state index in [9.17, 15) is 0 Å². The zero-order valence-corrected chi connectivity index (χ0v) is 11.3. The summed E-state index contributed by atoms with van der Waals surface area (Å²) in [6.07, 6.45) is 3.20. The molecule has 1 fully saturated rings. The molecule has 0 saturated heterocycles. The molecule has 1 aliphatic carbocycles. The zero-order chi connectivity index (χ0) is 12.7. The largest absolute Gasteiger partial charge is 0.297 e. The smallest absolute Gasteiger partial charge is 0.195 e. The molecule has 1 N–H and O–H groups in total. The number of hydrogen-bond donors (Lipinski definition) is 1. The lowest BCUT2D eigenvalue weighted by molar-refractivity contribution is 0.732. The van der Waals surface area contributed by atoms with Crippen molar-refractivity contribution in [3.05, 3.63) is 22.2 Å². The fourth-order valence-electron chi connectivity index (χ4n) is 2.14. The molecule has 0 atom stereocenters. The Morgan fingerprint density at radius 1 is 1.44 bits per heavy atom. The maximum absolute atomic E-state index is 5.31. The molecule has 6 heteroatoms. The van der Waals surface area contributed by atoms with Crippen LogP contribution in [0.1, 0.15) is 37.2 Å². The molecule has 2 aromatic heterocycles. The van der Waals surface area contributed by atoms with E-state index in [1.807, 2.05) is 13.0 Å². The van der Waals surface area contributed by atoms with E-state index in [-0.39, 0.29) is 0 Å². The quantitative estimate of drug-likeness (QED) is 0.863. The molecule has 1 saturated carbocycles. The van der Waals surface area contributed by atoms with Crippen LogP contribution in [0.2, 0.25) is 0 Å². The lowest BCUT2D eigenvalue weighted by Crippen LogP contribution is -2.03. The normalized spacial score (nSPS) is 15.0. The first-order valence-electron chi connectivity index (χ1n) is 6.21. The van der Waals surface area contributed by atoms with Gasteiger partial charge in [0.2, 0.25) is 0 Å². The molecule has 2 aromatic rings. The van der Waals surface area contributed by atoms with Gasteiger partial charge in [-0.05, 0) is 44.5 Å². The first-order chi connectivity index (χ1) is 8.70. The molecule has 1 aliphatic rings. The van der Waals surface area contributed by atoms with Gasteiger partial charge in [0, 0.05) is 11.6 Å². The van der Waals surface area contributed by atoms with E-state index in [0.29, 0.717) is 10.8 Å². The van der Waals surface area contributed by atoms with E-state index >= 15 is 0 Å². The van der Waals surface area contributed by atoms with Crippen LogP contribution in [0.25, 0.3) is 11.4 Å². The fourth-order valence-corrected chi connectivity index (χ4v) is 2.42. The number of aromatic nitrogens is 5. The summed E-state index contributed by atoms with van der Waals surface area (Å²) < 4.78 is 2.81. The van der Waals surface area contributed by atoms with Crippen molar-refractivity contribution in [2.45, 2.75) is 39.2 Å². The van der Waals surface area contributed by atoms with Crippen molar-refractivity contribution in [1.29, 1.82) is 0 Å². The summed E-state index contributed by atoms with van der Waals surface area (Å²) in [5, 5.41) is 15.6. The van der Waals surface area contributed by atoms with Gasteiger partial charge in [-0.25, -0.2) is 0 Å². The van der Waals surface area contributed by atoms with E-state index in [1.165, 1.54) is 12.8 Å². The van der Waals surface area contributed by atoms with Crippen molar-refractivity contribution < 1.29 is 0 Å². The van der Waals surface area contributed by atoms with Gasteiger partial charge < -0.3 is 0 Å². The lowest BCUT2D eigenvalue weighted by atomic mass is 10.1. The second-order valence-electron chi connectivity index (χ2n) is 4.65. The summed E-state index contributed by atoms with van der Waals surface area (Å²) in [6, 6.07) is 2.54. The molecule has 3 rings (SSSR count). The number of H-pyrrole nitrogens is 1. The first-order valence-corrected chi connectivity index (χ1v) is 6.62. The number of rotatable bonds is 3. The van der Waals surface area contributed by atoms with Crippen LogP contribution < -0.4 is 0 Å². The zero-order valence-electron chi connectivity index (χ0n) is 10.5. The summed E-state index contributed by atoms with van der Waals surface area (Å²) in [7, 11) is 0. The molecule has 94 valence electrons. The predicted octanol–water partition coefficient (Wildman–Crippen LogP) is 2.60. The molecule has 0 aliphatic heterocycles. The molecule has 0 spiro atoms. The number of nitrogens with zero attached hydrogens (tertiary/aromatic N) is 4. The monoisotopic (exact) mass is 261 g/mol. The SMILES string of the molecule is CCc1nnc(C)cc1-c1n[nH]c(=S)n1C1CC1. The third kappa shape index (κ3) is 1.86. The number of aromatic amines is 1. The Morgan fingerprint density at radius 3 is 2.89 bits per heavy atom. The topological polar surface area (TPSA) is 59.4 Å². The van der Waals surface area contributed by atoms with E-state index in [1.54, 1.807) is 0 Å². The predicted molar refractivity (Wildman–Crippen MR) is 70.8 cm³/mol. The summed E-state index contributed by atoms with van der Waals surface area (Å²) >= 11 is 5.31. The highest BCUT2D eigenvalue weighted by Crippen LogP contribution is 2.38. The van der Waals surface area contributed by atoms with Crippen LogP contribution in [0.4, 0.5) is 0 Å². The van der Waals surface area contributed by atoms with Crippen LogP contribution in [0.5, 0.6) is 0 Å². The Kier molecular flexibility index (Phi) is 2.74. The van der Waals surface area contributed by atoms with Gasteiger partial charge in [-0.2, -0.15) is 15.3 Å². The van der Waals surface area contributed by atoms with Gasteiger partial charge in [-0.3, -0.25) is 9.67 Å². The third-order valence-electron chi connectivity index (χ3n) is 3.18. The van der Waals surface area contributed by atoms with E-state index in [2.05, 4.69) is 31.9 Å². The standard InChI is InChI=1S/C12H15N5S/c1-3-10-9(6-7(2)13-14-10)11-15-16-12(18)17(11)8-4-5-8/h6,8H,3-5H2,1-2H3,(H,16,18). The van der Waals surface area contributed by atoms with Crippen molar-refractivity contribution in [3.63, 3.8) is 0 Å². The Hall–Kier alpha value is -1.56. The Morgan fingerprint density at radius 2 is 2.22 bits per heavy atom. The third-order valence-corrected chi connectivity index (χ3v) is 3.47. The Labute approximate surface area is 110 Å². The highest BCUT2D eigenvalue weighted by molar-refractivity contribution is 7.71. The lowest BCUT2D eigenvalue weighted by Gasteiger charge is -2.08. The van der Waals surface area contributed by atoms with Gasteiger partial charge in [0.05, 0.1) is 11.4 Å². The highest BCUT2D eigenvalue weighted by Gasteiger charge is 2.28. The molecule has 0 aromatic carbocycles. The number of aryl methyl sites for hydroxylation is 2. The van der Waals surface area contributed by atoms with Crippen LogP contribution in [0.15, 0.2) is 6.07 Å². The highest BCUT2D eigenvalue weighted by atomic mass is 32.1. The van der Waals surface area contributed by atoms with E-state index in [4.69, 9.17) is 12.2 Å². The summed E-state index contributed by atoms with van der Waals surface area (Å²) in [5.74, 6) is 0.900. The van der Waals surface area contributed by atoms with Crippen LogP contribution in [-0.4, -0.2) is 25.0 Å². The van der Waals surface area contributed by atoms with Crippen molar-refractivity contribution in [2.75, 3.05) is 0 Å². The van der Waals surface area contributed by atoms with Crippen LogP contribution in [0.3, 0.4) is 0 Å². The van der Waals surface area contributed by atoms with Crippen molar-refractivity contribution in [1.82, 2.24) is 25.0 Å². The maximum Gasteiger partial charge on any atom is 0.195 e. The molecule has 0 radical (unpaired) electrons.